The molecule has 1 fully saturated rings. The van der Waals surface area contributed by atoms with Crippen molar-refractivity contribution in [2.75, 3.05) is 44.7 Å². The van der Waals surface area contributed by atoms with E-state index < -0.39 is 0 Å². The Kier molecular flexibility index (Phi) is 7.83. The van der Waals surface area contributed by atoms with Crippen LogP contribution in [0.25, 0.3) is 0 Å². The summed E-state index contributed by atoms with van der Waals surface area (Å²) in [6.07, 6.45) is 1.08. The normalized spacial score (nSPS) is 14.6. The summed E-state index contributed by atoms with van der Waals surface area (Å²) in [6.45, 7) is 10.8. The predicted octanol–water partition coefficient (Wildman–Crippen LogP) is 4.22. The van der Waals surface area contributed by atoms with Gasteiger partial charge in [0.05, 0.1) is 13.2 Å². The summed E-state index contributed by atoms with van der Waals surface area (Å²) in [6, 6.07) is 17.1. The first-order chi connectivity index (χ1) is 13.6. The maximum Gasteiger partial charge on any atom is 0.173 e. The van der Waals surface area contributed by atoms with Crippen molar-refractivity contribution in [2.24, 2.45) is 0 Å². The fourth-order valence-corrected chi connectivity index (χ4v) is 3.59. The molecule has 0 unspecified atom stereocenters. The van der Waals surface area contributed by atoms with Gasteiger partial charge >= 0.3 is 0 Å². The molecule has 150 valence electrons. The van der Waals surface area contributed by atoms with Crippen molar-refractivity contribution in [3.8, 4) is 0 Å². The zero-order valence-corrected chi connectivity index (χ0v) is 17.8. The molecular weight excluding hydrogens is 366 g/mol. The third-order valence-corrected chi connectivity index (χ3v) is 5.45. The molecule has 0 aliphatic carbocycles. The van der Waals surface area contributed by atoms with E-state index in [0.717, 1.165) is 63.2 Å². The van der Waals surface area contributed by atoms with Crippen LogP contribution in [0.5, 0.6) is 0 Å². The van der Waals surface area contributed by atoms with Gasteiger partial charge in [-0.1, -0.05) is 47.5 Å². The zero-order chi connectivity index (χ0) is 19.8. The lowest BCUT2D eigenvalue weighted by Crippen LogP contribution is -2.40. The van der Waals surface area contributed by atoms with Crippen LogP contribution in [0.2, 0.25) is 0 Å². The Labute approximate surface area is 174 Å². The lowest BCUT2D eigenvalue weighted by Gasteiger charge is -2.29. The highest BCUT2D eigenvalue weighted by Gasteiger charge is 2.14. The first-order valence-corrected chi connectivity index (χ1v) is 10.5. The average Bonchev–Trinajstić information content (AvgIpc) is 2.71. The highest BCUT2D eigenvalue weighted by Crippen LogP contribution is 2.13. The Hall–Kier alpha value is -1.95. The van der Waals surface area contributed by atoms with Gasteiger partial charge < -0.3 is 15.0 Å². The van der Waals surface area contributed by atoms with E-state index in [9.17, 15) is 0 Å². The molecule has 1 heterocycles. The number of thiocarbonyl (C=S) groups is 1. The molecule has 1 aliphatic heterocycles. The van der Waals surface area contributed by atoms with Crippen LogP contribution in [-0.2, 0) is 11.3 Å². The van der Waals surface area contributed by atoms with Gasteiger partial charge in [-0.2, -0.15) is 0 Å². The van der Waals surface area contributed by atoms with Crippen LogP contribution in [0, 0.1) is 13.8 Å². The molecule has 2 aromatic carbocycles. The fraction of sp³-hybridized carbons (Fsp3) is 0.435. The highest BCUT2D eigenvalue weighted by atomic mass is 32.1. The third-order valence-electron chi connectivity index (χ3n) is 5.09. The molecule has 0 saturated carbocycles. The van der Waals surface area contributed by atoms with Crippen LogP contribution in [0.1, 0.15) is 23.1 Å². The average molecular weight is 398 g/mol. The molecule has 28 heavy (non-hydrogen) atoms. The zero-order valence-electron chi connectivity index (χ0n) is 17.0. The SMILES string of the molecule is Cc1ccc(CN(CCCN2CCOCC2)C(=S)Nc2ccc(C)cc2)cc1. The van der Waals surface area contributed by atoms with Gasteiger partial charge in [0.15, 0.2) is 5.11 Å². The third kappa shape index (κ3) is 6.59. The van der Waals surface area contributed by atoms with Crippen molar-refractivity contribution in [1.82, 2.24) is 9.80 Å². The highest BCUT2D eigenvalue weighted by molar-refractivity contribution is 7.80. The Morgan fingerprint density at radius 3 is 2.25 bits per heavy atom. The van der Waals surface area contributed by atoms with Gasteiger partial charge in [-0.05, 0) is 50.2 Å². The summed E-state index contributed by atoms with van der Waals surface area (Å²) in [4.78, 5) is 4.75. The Morgan fingerprint density at radius 2 is 1.61 bits per heavy atom. The molecule has 3 rings (SSSR count). The lowest BCUT2D eigenvalue weighted by atomic mass is 10.1. The van der Waals surface area contributed by atoms with Gasteiger partial charge in [0.1, 0.15) is 0 Å². The van der Waals surface area contributed by atoms with E-state index in [0.29, 0.717) is 0 Å². The number of rotatable bonds is 7. The molecule has 0 bridgehead atoms. The standard InChI is InChI=1S/C23H31N3OS/c1-19-4-8-21(9-5-19)18-26(13-3-12-25-14-16-27-17-15-25)23(28)24-22-10-6-20(2)7-11-22/h4-11H,3,12-18H2,1-2H3,(H,24,28). The monoisotopic (exact) mass is 397 g/mol. The van der Waals surface area contributed by atoms with Crippen LogP contribution in [0.15, 0.2) is 48.5 Å². The number of nitrogens with zero attached hydrogens (tertiary/aromatic N) is 2. The molecule has 4 nitrogen and oxygen atoms in total. The number of nitrogens with one attached hydrogen (secondary N) is 1. The smallest absolute Gasteiger partial charge is 0.173 e. The molecule has 0 spiro atoms. The summed E-state index contributed by atoms with van der Waals surface area (Å²) in [5.74, 6) is 0. The summed E-state index contributed by atoms with van der Waals surface area (Å²) in [5.41, 5.74) is 4.85. The van der Waals surface area contributed by atoms with Gasteiger partial charge in [-0.3, -0.25) is 4.90 Å². The maximum atomic E-state index is 5.77. The van der Waals surface area contributed by atoms with Gasteiger partial charge in [0, 0.05) is 38.4 Å². The molecule has 5 heteroatoms. The lowest BCUT2D eigenvalue weighted by molar-refractivity contribution is 0.0368. The number of ether oxygens (including phenoxy) is 1. The van der Waals surface area contributed by atoms with Crippen molar-refractivity contribution >= 4 is 23.0 Å². The number of morpholine rings is 1. The number of aryl methyl sites for hydroxylation is 2. The minimum absolute atomic E-state index is 0.784. The Balaban J connectivity index is 1.61. The van der Waals surface area contributed by atoms with E-state index in [1.54, 1.807) is 0 Å². The molecule has 1 saturated heterocycles. The second-order valence-corrected chi connectivity index (χ2v) is 7.90. The van der Waals surface area contributed by atoms with E-state index in [4.69, 9.17) is 17.0 Å². The first kappa shape index (κ1) is 20.8. The van der Waals surface area contributed by atoms with E-state index in [-0.39, 0.29) is 0 Å². The van der Waals surface area contributed by atoms with Crippen LogP contribution in [0.3, 0.4) is 0 Å². The van der Waals surface area contributed by atoms with Crippen LogP contribution < -0.4 is 5.32 Å². The van der Waals surface area contributed by atoms with Crippen molar-refractivity contribution < 1.29 is 4.74 Å². The van der Waals surface area contributed by atoms with Crippen molar-refractivity contribution in [1.29, 1.82) is 0 Å². The van der Waals surface area contributed by atoms with E-state index >= 15 is 0 Å². The molecular formula is C23H31N3OS. The Morgan fingerprint density at radius 1 is 1.00 bits per heavy atom. The quantitative estimate of drug-likeness (QED) is 0.706. The largest absolute Gasteiger partial charge is 0.379 e. The molecule has 0 amide bonds. The van der Waals surface area contributed by atoms with Gasteiger partial charge in [0.2, 0.25) is 0 Å². The Bertz CT molecular complexity index is 739. The second kappa shape index (κ2) is 10.6. The van der Waals surface area contributed by atoms with Gasteiger partial charge in [-0.25, -0.2) is 0 Å². The first-order valence-electron chi connectivity index (χ1n) is 10.1. The van der Waals surface area contributed by atoms with Crippen LogP contribution >= 0.6 is 12.2 Å². The molecule has 1 aliphatic rings. The van der Waals surface area contributed by atoms with E-state index in [1.807, 2.05) is 0 Å². The second-order valence-electron chi connectivity index (χ2n) is 7.51. The number of hydrogen-bond acceptors (Lipinski definition) is 3. The van der Waals surface area contributed by atoms with Crippen LogP contribution in [0.4, 0.5) is 5.69 Å². The number of anilines is 1. The number of benzene rings is 2. The molecule has 1 N–H and O–H groups in total. The molecule has 0 atom stereocenters. The molecule has 0 radical (unpaired) electrons. The van der Waals surface area contributed by atoms with Crippen molar-refractivity contribution in [3.63, 3.8) is 0 Å². The summed E-state index contributed by atoms with van der Waals surface area (Å²) in [7, 11) is 0. The summed E-state index contributed by atoms with van der Waals surface area (Å²) in [5, 5.41) is 4.20. The molecule has 0 aromatic heterocycles. The maximum absolute atomic E-state index is 5.77. The fourth-order valence-electron chi connectivity index (χ4n) is 3.32. The van der Waals surface area contributed by atoms with Crippen LogP contribution in [-0.4, -0.2) is 54.3 Å². The summed E-state index contributed by atoms with van der Waals surface area (Å²) < 4.78 is 5.45. The minimum atomic E-state index is 0.784. The van der Waals surface area contributed by atoms with Gasteiger partial charge in [0.25, 0.3) is 0 Å². The van der Waals surface area contributed by atoms with Crippen molar-refractivity contribution in [2.45, 2.75) is 26.8 Å². The summed E-state index contributed by atoms with van der Waals surface area (Å²) >= 11 is 5.77. The molecule has 2 aromatic rings. The van der Waals surface area contributed by atoms with E-state index in [1.165, 1.54) is 16.7 Å². The van der Waals surface area contributed by atoms with Crippen molar-refractivity contribution in [3.05, 3.63) is 65.2 Å². The predicted molar refractivity (Wildman–Crippen MR) is 121 cm³/mol. The van der Waals surface area contributed by atoms with E-state index in [2.05, 4.69) is 77.5 Å². The number of hydrogen-bond donors (Lipinski definition) is 1. The van der Waals surface area contributed by atoms with Gasteiger partial charge in [-0.15, -0.1) is 0 Å². The minimum Gasteiger partial charge on any atom is -0.379 e. The topological polar surface area (TPSA) is 27.7 Å².